The van der Waals surface area contributed by atoms with Crippen LogP contribution in [-0.2, 0) is 4.79 Å². The van der Waals surface area contributed by atoms with E-state index in [2.05, 4.69) is 36.0 Å². The van der Waals surface area contributed by atoms with E-state index in [0.29, 0.717) is 12.1 Å². The van der Waals surface area contributed by atoms with E-state index in [4.69, 9.17) is 4.42 Å². The van der Waals surface area contributed by atoms with Gasteiger partial charge in [-0.25, -0.2) is 0 Å². The van der Waals surface area contributed by atoms with Crippen LogP contribution in [0.5, 0.6) is 0 Å². The quantitative estimate of drug-likeness (QED) is 0.544. The first kappa shape index (κ1) is 21.2. The normalized spacial score (nSPS) is 21.5. The Balaban J connectivity index is 1.49. The van der Waals surface area contributed by atoms with Gasteiger partial charge in [0, 0.05) is 38.4 Å². The molecule has 1 aliphatic carbocycles. The average Bonchev–Trinajstić information content (AvgIpc) is 3.31. The minimum atomic E-state index is -0.539. The number of likely N-dealkylation sites (N-methyl/N-ethyl adjacent to an activating group) is 1. The number of hydrogen-bond donors (Lipinski definition) is 3. The highest BCUT2D eigenvalue weighted by molar-refractivity contribution is 6.02. The Morgan fingerprint density at radius 2 is 2.10 bits per heavy atom. The molecule has 0 aromatic carbocycles. The van der Waals surface area contributed by atoms with Gasteiger partial charge in [0.05, 0.1) is 23.6 Å². The van der Waals surface area contributed by atoms with Crippen molar-refractivity contribution in [3.05, 3.63) is 24.4 Å². The molecule has 166 valence electrons. The molecule has 31 heavy (non-hydrogen) atoms. The summed E-state index contributed by atoms with van der Waals surface area (Å²) in [6.07, 6.45) is 7.91. The summed E-state index contributed by atoms with van der Waals surface area (Å²) in [6, 6.07) is 1.95. The number of carbonyl (C=O) groups is 2. The van der Waals surface area contributed by atoms with E-state index in [9.17, 15) is 9.59 Å². The van der Waals surface area contributed by atoms with E-state index >= 15 is 0 Å². The summed E-state index contributed by atoms with van der Waals surface area (Å²) in [6.45, 7) is 3.41. The standard InChI is InChI=1S/C20H28N8O3/c1-21-14-4-2-3-5-17(14)28(13-29)20-26-25-19(31-20)18(30)24-15-12-23-7-6-16(15)27-10-8-22-9-11-27/h6-7,12-14,17,21-22H,2-5,8-11H2,1H3,(H,24,30). The van der Waals surface area contributed by atoms with Gasteiger partial charge >= 0.3 is 17.8 Å². The van der Waals surface area contributed by atoms with Crippen LogP contribution in [0.2, 0.25) is 0 Å². The lowest BCUT2D eigenvalue weighted by Gasteiger charge is -2.35. The molecule has 11 nitrogen and oxygen atoms in total. The zero-order valence-corrected chi connectivity index (χ0v) is 17.6. The van der Waals surface area contributed by atoms with Crippen LogP contribution in [-0.4, -0.2) is 72.8 Å². The Bertz CT molecular complexity index is 898. The molecule has 0 radical (unpaired) electrons. The average molecular weight is 428 g/mol. The minimum absolute atomic E-state index is 0.0285. The van der Waals surface area contributed by atoms with Gasteiger partial charge in [0.1, 0.15) is 0 Å². The Labute approximate surface area is 180 Å². The Hall–Kier alpha value is -3.05. The maximum absolute atomic E-state index is 12.8. The fraction of sp³-hybridized carbons (Fsp3) is 0.550. The van der Waals surface area contributed by atoms with Crippen LogP contribution in [0.25, 0.3) is 0 Å². The maximum Gasteiger partial charge on any atom is 0.325 e. The number of nitrogens with zero attached hydrogens (tertiary/aromatic N) is 5. The molecule has 0 bridgehead atoms. The summed E-state index contributed by atoms with van der Waals surface area (Å²) in [5.41, 5.74) is 1.46. The van der Waals surface area contributed by atoms with Crippen molar-refractivity contribution >= 4 is 29.7 Å². The number of anilines is 3. The summed E-state index contributed by atoms with van der Waals surface area (Å²) in [4.78, 5) is 32.3. The molecule has 11 heteroatoms. The van der Waals surface area contributed by atoms with Crippen LogP contribution in [0.4, 0.5) is 17.4 Å². The smallest absolute Gasteiger partial charge is 0.325 e. The molecule has 2 atom stereocenters. The number of aromatic nitrogens is 3. The number of amides is 2. The molecule has 2 fully saturated rings. The van der Waals surface area contributed by atoms with E-state index < -0.39 is 5.91 Å². The predicted octanol–water partition coefficient (Wildman–Crippen LogP) is 0.620. The van der Waals surface area contributed by atoms with Gasteiger partial charge in [-0.05, 0) is 26.0 Å². The summed E-state index contributed by atoms with van der Waals surface area (Å²) in [5, 5.41) is 17.2. The molecular formula is C20H28N8O3. The zero-order valence-electron chi connectivity index (χ0n) is 17.6. The molecule has 1 saturated heterocycles. The van der Waals surface area contributed by atoms with E-state index in [1.807, 2.05) is 13.1 Å². The van der Waals surface area contributed by atoms with Gasteiger partial charge in [0.2, 0.25) is 6.41 Å². The van der Waals surface area contributed by atoms with E-state index in [1.54, 1.807) is 12.4 Å². The zero-order chi connectivity index (χ0) is 21.6. The number of nitrogens with one attached hydrogen (secondary N) is 3. The van der Waals surface area contributed by atoms with Crippen molar-refractivity contribution in [1.82, 2.24) is 25.8 Å². The molecule has 3 N–H and O–H groups in total. The van der Waals surface area contributed by atoms with Crippen LogP contribution >= 0.6 is 0 Å². The molecule has 2 unspecified atom stereocenters. The molecule has 3 heterocycles. The highest BCUT2D eigenvalue weighted by Gasteiger charge is 2.32. The third kappa shape index (κ3) is 4.67. The highest BCUT2D eigenvalue weighted by Crippen LogP contribution is 2.27. The number of pyridine rings is 1. The molecule has 2 aromatic rings. The predicted molar refractivity (Wildman–Crippen MR) is 115 cm³/mol. The third-order valence-electron chi connectivity index (χ3n) is 5.90. The monoisotopic (exact) mass is 428 g/mol. The van der Waals surface area contributed by atoms with Crippen molar-refractivity contribution < 1.29 is 14.0 Å². The molecule has 4 rings (SSSR count). The van der Waals surface area contributed by atoms with Gasteiger partial charge in [-0.3, -0.25) is 19.5 Å². The van der Waals surface area contributed by atoms with Crippen LogP contribution in [0, 0.1) is 0 Å². The minimum Gasteiger partial charge on any atom is -0.398 e. The second kappa shape index (κ2) is 9.84. The summed E-state index contributed by atoms with van der Waals surface area (Å²) >= 11 is 0. The fourth-order valence-electron chi connectivity index (χ4n) is 4.30. The van der Waals surface area contributed by atoms with Gasteiger partial charge in [-0.2, -0.15) is 0 Å². The largest absolute Gasteiger partial charge is 0.398 e. The molecule has 1 aliphatic heterocycles. The Morgan fingerprint density at radius 3 is 2.87 bits per heavy atom. The van der Waals surface area contributed by atoms with Crippen molar-refractivity contribution in [2.24, 2.45) is 0 Å². The van der Waals surface area contributed by atoms with Gasteiger partial charge in [-0.1, -0.05) is 17.9 Å². The summed E-state index contributed by atoms with van der Waals surface area (Å²) in [5.74, 6) is -0.739. The fourth-order valence-corrected chi connectivity index (χ4v) is 4.30. The van der Waals surface area contributed by atoms with E-state index in [-0.39, 0.29) is 24.0 Å². The number of rotatable bonds is 7. The Morgan fingerprint density at radius 1 is 1.29 bits per heavy atom. The van der Waals surface area contributed by atoms with Crippen LogP contribution < -0.4 is 25.8 Å². The summed E-state index contributed by atoms with van der Waals surface area (Å²) in [7, 11) is 1.88. The molecular weight excluding hydrogens is 400 g/mol. The highest BCUT2D eigenvalue weighted by atomic mass is 16.4. The second-order valence-electron chi connectivity index (χ2n) is 7.73. The third-order valence-corrected chi connectivity index (χ3v) is 5.90. The number of piperazine rings is 1. The molecule has 2 amide bonds. The van der Waals surface area contributed by atoms with Gasteiger partial charge < -0.3 is 25.3 Å². The van der Waals surface area contributed by atoms with E-state index in [1.165, 1.54) is 4.90 Å². The second-order valence-corrected chi connectivity index (χ2v) is 7.73. The Kier molecular flexibility index (Phi) is 6.73. The lowest BCUT2D eigenvalue weighted by atomic mass is 9.89. The molecule has 2 aliphatic rings. The van der Waals surface area contributed by atoms with Crippen LogP contribution in [0.1, 0.15) is 36.4 Å². The summed E-state index contributed by atoms with van der Waals surface area (Å²) < 4.78 is 5.59. The number of carbonyl (C=O) groups excluding carboxylic acids is 2. The topological polar surface area (TPSA) is 129 Å². The van der Waals surface area contributed by atoms with Crippen molar-refractivity contribution in [3.63, 3.8) is 0 Å². The first-order valence-corrected chi connectivity index (χ1v) is 10.7. The lowest BCUT2D eigenvalue weighted by molar-refractivity contribution is -0.108. The molecule has 0 spiro atoms. The van der Waals surface area contributed by atoms with Crippen LogP contribution in [0.15, 0.2) is 22.9 Å². The van der Waals surface area contributed by atoms with Crippen molar-refractivity contribution in [1.29, 1.82) is 0 Å². The van der Waals surface area contributed by atoms with Gasteiger partial charge in [0.15, 0.2) is 0 Å². The SMILES string of the molecule is CNC1CCCCC1N(C=O)c1nnc(C(=O)Nc2cnccc2N2CCNCC2)o1. The van der Waals surface area contributed by atoms with Gasteiger partial charge in [-0.15, -0.1) is 5.10 Å². The molecule has 2 aromatic heterocycles. The van der Waals surface area contributed by atoms with Crippen LogP contribution in [0.3, 0.4) is 0 Å². The molecule has 1 saturated carbocycles. The number of hydrogen-bond acceptors (Lipinski definition) is 9. The van der Waals surface area contributed by atoms with Gasteiger partial charge in [0.25, 0.3) is 0 Å². The van der Waals surface area contributed by atoms with Crippen molar-refractivity contribution in [2.45, 2.75) is 37.8 Å². The van der Waals surface area contributed by atoms with E-state index in [0.717, 1.165) is 57.5 Å². The lowest BCUT2D eigenvalue weighted by Crippen LogP contribution is -2.50. The first-order valence-electron chi connectivity index (χ1n) is 10.7. The maximum atomic E-state index is 12.8. The first-order chi connectivity index (χ1) is 15.2. The van der Waals surface area contributed by atoms with Crippen molar-refractivity contribution in [2.75, 3.05) is 48.3 Å². The van der Waals surface area contributed by atoms with Crippen molar-refractivity contribution in [3.8, 4) is 0 Å².